The van der Waals surface area contributed by atoms with Gasteiger partial charge in [0, 0.05) is 18.3 Å². The van der Waals surface area contributed by atoms with Gasteiger partial charge < -0.3 is 10.7 Å². The minimum Gasteiger partial charge on any atom is -0.352 e. The predicted octanol–water partition coefficient (Wildman–Crippen LogP) is 1.48. The van der Waals surface area contributed by atoms with Crippen molar-refractivity contribution in [2.45, 2.75) is 6.42 Å². The molecule has 0 unspecified atom stereocenters. The zero-order valence-corrected chi connectivity index (χ0v) is 10.8. The van der Waals surface area contributed by atoms with E-state index in [1.807, 2.05) is 0 Å². The van der Waals surface area contributed by atoms with Crippen molar-refractivity contribution in [3.05, 3.63) is 59.5 Å². The second-order valence-corrected chi connectivity index (χ2v) is 4.17. The van der Waals surface area contributed by atoms with Gasteiger partial charge in [0.2, 0.25) is 0 Å². The molecular weight excluding hydrogens is 259 g/mol. The molecule has 2 rings (SSSR count). The molecular formula is C14H15FN4O. The number of nitrogens with one attached hydrogen (secondary N) is 2. The van der Waals surface area contributed by atoms with Crippen molar-refractivity contribution in [3.8, 4) is 0 Å². The van der Waals surface area contributed by atoms with Crippen LogP contribution in [0.3, 0.4) is 0 Å². The summed E-state index contributed by atoms with van der Waals surface area (Å²) >= 11 is 0. The Kier molecular flexibility index (Phi) is 4.62. The molecule has 5 nitrogen and oxygen atoms in total. The van der Waals surface area contributed by atoms with Crippen molar-refractivity contribution in [1.29, 1.82) is 0 Å². The molecule has 0 saturated carbocycles. The van der Waals surface area contributed by atoms with Crippen LogP contribution in [0.25, 0.3) is 0 Å². The molecule has 1 amide bonds. The second kappa shape index (κ2) is 6.63. The average molecular weight is 274 g/mol. The molecule has 6 heteroatoms. The number of pyridine rings is 1. The summed E-state index contributed by atoms with van der Waals surface area (Å²) in [5.41, 5.74) is 3.39. The van der Waals surface area contributed by atoms with E-state index < -0.39 is 0 Å². The molecule has 0 atom stereocenters. The lowest BCUT2D eigenvalue weighted by Gasteiger charge is -2.07. The quantitative estimate of drug-likeness (QED) is 0.570. The van der Waals surface area contributed by atoms with Crippen LogP contribution in [-0.2, 0) is 6.42 Å². The van der Waals surface area contributed by atoms with Gasteiger partial charge in [-0.2, -0.15) is 0 Å². The van der Waals surface area contributed by atoms with Crippen LogP contribution in [0.15, 0.2) is 42.6 Å². The van der Waals surface area contributed by atoms with Gasteiger partial charge in [0.05, 0.1) is 0 Å². The Morgan fingerprint density at radius 1 is 1.30 bits per heavy atom. The van der Waals surface area contributed by atoms with Crippen molar-refractivity contribution in [2.24, 2.45) is 5.84 Å². The fourth-order valence-electron chi connectivity index (χ4n) is 1.76. The standard InChI is InChI=1S/C14H15FN4O/c15-12-4-2-1-3-10(12)5-8-18-14(20)11-6-7-17-13(9-11)19-16/h1-4,6-7,9H,5,8,16H2,(H,17,19)(H,18,20). The third-order valence-corrected chi connectivity index (χ3v) is 2.81. The summed E-state index contributed by atoms with van der Waals surface area (Å²) in [5, 5.41) is 2.72. The van der Waals surface area contributed by atoms with E-state index in [2.05, 4.69) is 15.7 Å². The molecule has 20 heavy (non-hydrogen) atoms. The first-order valence-electron chi connectivity index (χ1n) is 6.15. The van der Waals surface area contributed by atoms with Gasteiger partial charge in [-0.3, -0.25) is 4.79 Å². The fourth-order valence-corrected chi connectivity index (χ4v) is 1.76. The first-order chi connectivity index (χ1) is 9.70. The maximum atomic E-state index is 13.4. The molecule has 1 heterocycles. The molecule has 0 bridgehead atoms. The molecule has 0 aliphatic carbocycles. The van der Waals surface area contributed by atoms with Gasteiger partial charge >= 0.3 is 0 Å². The van der Waals surface area contributed by atoms with E-state index in [0.29, 0.717) is 29.9 Å². The zero-order chi connectivity index (χ0) is 14.4. The smallest absolute Gasteiger partial charge is 0.251 e. The van der Waals surface area contributed by atoms with Gasteiger partial charge in [0.15, 0.2) is 0 Å². The first kappa shape index (κ1) is 14.0. The van der Waals surface area contributed by atoms with Gasteiger partial charge in [-0.1, -0.05) is 18.2 Å². The molecule has 1 aromatic carbocycles. The Balaban J connectivity index is 1.91. The highest BCUT2D eigenvalue weighted by molar-refractivity contribution is 5.94. The highest BCUT2D eigenvalue weighted by Gasteiger charge is 2.07. The molecule has 0 spiro atoms. The number of hydrogen-bond acceptors (Lipinski definition) is 4. The monoisotopic (exact) mass is 274 g/mol. The number of nitrogens with zero attached hydrogens (tertiary/aromatic N) is 1. The number of carbonyl (C=O) groups excluding carboxylic acids is 1. The Morgan fingerprint density at radius 2 is 2.10 bits per heavy atom. The number of halogens is 1. The minimum absolute atomic E-state index is 0.250. The number of nitrogens with two attached hydrogens (primary N) is 1. The van der Waals surface area contributed by atoms with E-state index in [0.717, 1.165) is 0 Å². The van der Waals surface area contributed by atoms with Crippen LogP contribution >= 0.6 is 0 Å². The van der Waals surface area contributed by atoms with Crippen LogP contribution in [-0.4, -0.2) is 17.4 Å². The third kappa shape index (κ3) is 3.52. The van der Waals surface area contributed by atoms with E-state index in [1.54, 1.807) is 30.3 Å². The summed E-state index contributed by atoms with van der Waals surface area (Å²) < 4.78 is 13.4. The molecule has 1 aromatic heterocycles. The van der Waals surface area contributed by atoms with Crippen LogP contribution in [0.1, 0.15) is 15.9 Å². The van der Waals surface area contributed by atoms with E-state index in [4.69, 9.17) is 5.84 Å². The topological polar surface area (TPSA) is 80.0 Å². The normalized spacial score (nSPS) is 10.1. The van der Waals surface area contributed by atoms with Gasteiger partial charge in [0.1, 0.15) is 11.6 Å². The van der Waals surface area contributed by atoms with E-state index in [-0.39, 0.29) is 11.7 Å². The first-order valence-corrected chi connectivity index (χ1v) is 6.15. The Hall–Kier alpha value is -2.47. The fraction of sp³-hybridized carbons (Fsp3) is 0.143. The van der Waals surface area contributed by atoms with Gasteiger partial charge in [0.25, 0.3) is 5.91 Å². The highest BCUT2D eigenvalue weighted by Crippen LogP contribution is 2.07. The lowest BCUT2D eigenvalue weighted by molar-refractivity contribution is 0.0954. The van der Waals surface area contributed by atoms with Gasteiger partial charge in [-0.25, -0.2) is 15.2 Å². The molecule has 0 aliphatic heterocycles. The maximum Gasteiger partial charge on any atom is 0.251 e. The largest absolute Gasteiger partial charge is 0.352 e. The van der Waals surface area contributed by atoms with Gasteiger partial charge in [-0.15, -0.1) is 0 Å². The van der Waals surface area contributed by atoms with E-state index in [1.165, 1.54) is 12.3 Å². The van der Waals surface area contributed by atoms with Crippen LogP contribution in [0.5, 0.6) is 0 Å². The second-order valence-electron chi connectivity index (χ2n) is 4.17. The van der Waals surface area contributed by atoms with E-state index in [9.17, 15) is 9.18 Å². The van der Waals surface area contributed by atoms with Crippen molar-refractivity contribution >= 4 is 11.7 Å². The Labute approximate surface area is 116 Å². The molecule has 0 saturated heterocycles. The number of benzene rings is 1. The number of aromatic nitrogens is 1. The molecule has 2 aromatic rings. The number of hydrazine groups is 1. The summed E-state index contributed by atoms with van der Waals surface area (Å²) in [5.74, 6) is 5.12. The SMILES string of the molecule is NNc1cc(C(=O)NCCc2ccccc2F)ccn1. The number of amides is 1. The number of anilines is 1. The Morgan fingerprint density at radius 3 is 2.85 bits per heavy atom. The Bertz CT molecular complexity index is 603. The molecule has 0 fully saturated rings. The predicted molar refractivity (Wildman–Crippen MR) is 74.5 cm³/mol. The van der Waals surface area contributed by atoms with Crippen molar-refractivity contribution in [1.82, 2.24) is 10.3 Å². The molecule has 0 radical (unpaired) electrons. The molecule has 104 valence electrons. The summed E-state index contributed by atoms with van der Waals surface area (Å²) in [6.07, 6.45) is 1.92. The summed E-state index contributed by atoms with van der Waals surface area (Å²) in [7, 11) is 0. The van der Waals surface area contributed by atoms with Crippen LogP contribution in [0, 0.1) is 5.82 Å². The van der Waals surface area contributed by atoms with Crippen LogP contribution < -0.4 is 16.6 Å². The lowest BCUT2D eigenvalue weighted by atomic mass is 10.1. The summed E-state index contributed by atoms with van der Waals surface area (Å²) in [6, 6.07) is 9.62. The third-order valence-electron chi connectivity index (χ3n) is 2.81. The van der Waals surface area contributed by atoms with Gasteiger partial charge in [-0.05, 0) is 30.2 Å². The van der Waals surface area contributed by atoms with Crippen LogP contribution in [0.4, 0.5) is 10.2 Å². The maximum absolute atomic E-state index is 13.4. The zero-order valence-electron chi connectivity index (χ0n) is 10.8. The number of hydrogen-bond donors (Lipinski definition) is 3. The average Bonchev–Trinajstić information content (AvgIpc) is 2.49. The molecule has 4 N–H and O–H groups in total. The number of nitrogen functional groups attached to an aromatic ring is 1. The number of rotatable bonds is 5. The lowest BCUT2D eigenvalue weighted by Crippen LogP contribution is -2.26. The van der Waals surface area contributed by atoms with Crippen LogP contribution in [0.2, 0.25) is 0 Å². The summed E-state index contributed by atoms with van der Waals surface area (Å²) in [4.78, 5) is 15.8. The van der Waals surface area contributed by atoms with Crippen molar-refractivity contribution in [2.75, 3.05) is 12.0 Å². The van der Waals surface area contributed by atoms with E-state index >= 15 is 0 Å². The minimum atomic E-state index is -0.264. The van der Waals surface area contributed by atoms with Crippen molar-refractivity contribution < 1.29 is 9.18 Å². The molecule has 0 aliphatic rings. The number of carbonyl (C=O) groups is 1. The highest BCUT2D eigenvalue weighted by atomic mass is 19.1. The summed E-state index contributed by atoms with van der Waals surface area (Å²) in [6.45, 7) is 0.355. The van der Waals surface area contributed by atoms with Crippen molar-refractivity contribution in [3.63, 3.8) is 0 Å².